The number of allylic oxidation sites excluding steroid dienone is 1. The molecule has 0 aromatic rings. The summed E-state index contributed by atoms with van der Waals surface area (Å²) < 4.78 is 5.27. The second-order valence-electron chi connectivity index (χ2n) is 3.16. The summed E-state index contributed by atoms with van der Waals surface area (Å²) in [5.74, 6) is 1.52. The topological polar surface area (TPSA) is 33.3 Å². The van der Waals surface area contributed by atoms with Gasteiger partial charge < -0.3 is 15.4 Å². The minimum absolute atomic E-state index is 0.639. The highest BCUT2D eigenvalue weighted by Gasteiger charge is 1.92. The Hall–Kier alpha value is -1.38. The maximum absolute atomic E-state index is 5.27. The molecule has 0 spiro atoms. The third-order valence-corrected chi connectivity index (χ3v) is 1.81. The van der Waals surface area contributed by atoms with Crippen molar-refractivity contribution in [3.05, 3.63) is 37.4 Å². The molecule has 15 heavy (non-hydrogen) atoms. The van der Waals surface area contributed by atoms with Gasteiger partial charge in [-0.05, 0) is 25.8 Å². The number of unbranched alkanes of at least 4 members (excludes halogenated alkanes) is 1. The molecule has 0 aromatic carbocycles. The number of hydrogen-bond acceptors (Lipinski definition) is 3. The minimum atomic E-state index is 0.639. The van der Waals surface area contributed by atoms with Crippen molar-refractivity contribution in [1.29, 1.82) is 0 Å². The van der Waals surface area contributed by atoms with Crippen molar-refractivity contribution in [2.24, 2.45) is 0 Å². The Morgan fingerprint density at radius 3 is 2.60 bits per heavy atom. The molecule has 0 aromatic heterocycles. The zero-order chi connectivity index (χ0) is 11.5. The van der Waals surface area contributed by atoms with Crippen LogP contribution in [0, 0.1) is 0 Å². The SMILES string of the molecule is C=CC(=C)OCCCCNC(=C)NCC. The Morgan fingerprint density at radius 2 is 2.00 bits per heavy atom. The van der Waals surface area contributed by atoms with Crippen molar-refractivity contribution >= 4 is 0 Å². The van der Waals surface area contributed by atoms with Gasteiger partial charge in [-0.15, -0.1) is 0 Å². The highest BCUT2D eigenvalue weighted by Crippen LogP contribution is 1.97. The van der Waals surface area contributed by atoms with Gasteiger partial charge in [-0.3, -0.25) is 0 Å². The first-order valence-electron chi connectivity index (χ1n) is 5.31. The van der Waals surface area contributed by atoms with Gasteiger partial charge in [0.1, 0.15) is 5.76 Å². The normalized spacial score (nSPS) is 9.13. The molecule has 0 rings (SSSR count). The molecule has 0 aliphatic rings. The summed E-state index contributed by atoms with van der Waals surface area (Å²) >= 11 is 0. The van der Waals surface area contributed by atoms with Crippen LogP contribution < -0.4 is 10.6 Å². The Morgan fingerprint density at radius 1 is 1.27 bits per heavy atom. The molecule has 0 unspecified atom stereocenters. The van der Waals surface area contributed by atoms with Crippen LogP contribution in [-0.4, -0.2) is 19.7 Å². The van der Waals surface area contributed by atoms with Crippen molar-refractivity contribution in [1.82, 2.24) is 10.6 Å². The van der Waals surface area contributed by atoms with Gasteiger partial charge in [-0.25, -0.2) is 0 Å². The van der Waals surface area contributed by atoms with Crippen molar-refractivity contribution in [2.75, 3.05) is 19.7 Å². The van der Waals surface area contributed by atoms with Gasteiger partial charge in [-0.2, -0.15) is 0 Å². The van der Waals surface area contributed by atoms with Gasteiger partial charge in [0.05, 0.1) is 12.4 Å². The summed E-state index contributed by atoms with van der Waals surface area (Å²) in [6.07, 6.45) is 3.67. The molecule has 0 bridgehead atoms. The van der Waals surface area contributed by atoms with E-state index in [-0.39, 0.29) is 0 Å². The summed E-state index contributed by atoms with van der Waals surface area (Å²) in [4.78, 5) is 0. The Balaban J connectivity index is 3.21. The lowest BCUT2D eigenvalue weighted by Crippen LogP contribution is -2.26. The fraction of sp³-hybridized carbons (Fsp3) is 0.500. The van der Waals surface area contributed by atoms with Crippen molar-refractivity contribution < 1.29 is 4.74 Å². The molecular formula is C12H22N2O. The second-order valence-corrected chi connectivity index (χ2v) is 3.16. The maximum atomic E-state index is 5.27. The molecule has 0 fully saturated rings. The molecule has 0 saturated heterocycles. The highest BCUT2D eigenvalue weighted by atomic mass is 16.5. The number of hydrogen-bond donors (Lipinski definition) is 2. The van der Waals surface area contributed by atoms with Crippen LogP contribution in [0.4, 0.5) is 0 Å². The summed E-state index contributed by atoms with van der Waals surface area (Å²) in [6.45, 7) is 15.6. The second kappa shape index (κ2) is 9.19. The molecule has 0 atom stereocenters. The smallest absolute Gasteiger partial charge is 0.111 e. The monoisotopic (exact) mass is 210 g/mol. The van der Waals surface area contributed by atoms with Crippen LogP contribution in [0.15, 0.2) is 37.4 Å². The van der Waals surface area contributed by atoms with Gasteiger partial charge in [0, 0.05) is 13.1 Å². The van der Waals surface area contributed by atoms with E-state index < -0.39 is 0 Å². The van der Waals surface area contributed by atoms with Crippen LogP contribution in [0.25, 0.3) is 0 Å². The van der Waals surface area contributed by atoms with Crippen molar-refractivity contribution in [3.8, 4) is 0 Å². The zero-order valence-corrected chi connectivity index (χ0v) is 9.64. The van der Waals surface area contributed by atoms with Crippen molar-refractivity contribution in [3.63, 3.8) is 0 Å². The van der Waals surface area contributed by atoms with Gasteiger partial charge in [0.2, 0.25) is 0 Å². The zero-order valence-electron chi connectivity index (χ0n) is 9.64. The predicted octanol–water partition coefficient (Wildman–Crippen LogP) is 2.15. The predicted molar refractivity (Wildman–Crippen MR) is 65.3 cm³/mol. The fourth-order valence-electron chi connectivity index (χ4n) is 1.00. The third kappa shape index (κ3) is 8.94. The lowest BCUT2D eigenvalue weighted by atomic mass is 10.3. The first-order chi connectivity index (χ1) is 7.20. The van der Waals surface area contributed by atoms with Crippen LogP contribution in [0.1, 0.15) is 19.8 Å². The average Bonchev–Trinajstić information content (AvgIpc) is 2.23. The standard InChI is InChI=1S/C12H22N2O/c1-5-11(3)15-10-8-7-9-14-12(4)13-6-2/h5,13-14H,1,3-4,6-10H2,2H3. The molecule has 3 nitrogen and oxygen atoms in total. The number of rotatable bonds is 10. The van der Waals surface area contributed by atoms with E-state index in [9.17, 15) is 0 Å². The molecule has 0 saturated carbocycles. The fourth-order valence-corrected chi connectivity index (χ4v) is 1.00. The lowest BCUT2D eigenvalue weighted by molar-refractivity contribution is 0.219. The number of ether oxygens (including phenoxy) is 1. The van der Waals surface area contributed by atoms with E-state index in [1.165, 1.54) is 0 Å². The molecule has 0 heterocycles. The van der Waals surface area contributed by atoms with E-state index >= 15 is 0 Å². The van der Waals surface area contributed by atoms with E-state index in [0.717, 1.165) is 31.8 Å². The molecular weight excluding hydrogens is 188 g/mol. The van der Waals surface area contributed by atoms with Gasteiger partial charge in [0.15, 0.2) is 0 Å². The van der Waals surface area contributed by atoms with Crippen LogP contribution in [0.5, 0.6) is 0 Å². The Labute approximate surface area is 92.9 Å². The van der Waals surface area contributed by atoms with E-state index in [1.807, 2.05) is 6.92 Å². The first kappa shape index (κ1) is 13.6. The first-order valence-corrected chi connectivity index (χ1v) is 5.31. The van der Waals surface area contributed by atoms with E-state index in [1.54, 1.807) is 6.08 Å². The van der Waals surface area contributed by atoms with Crippen LogP contribution in [0.2, 0.25) is 0 Å². The minimum Gasteiger partial charge on any atom is -0.494 e. The molecule has 2 N–H and O–H groups in total. The van der Waals surface area contributed by atoms with Gasteiger partial charge in [0.25, 0.3) is 0 Å². The molecule has 0 aliphatic heterocycles. The largest absolute Gasteiger partial charge is 0.494 e. The highest BCUT2D eigenvalue weighted by molar-refractivity contribution is 5.01. The summed E-state index contributed by atoms with van der Waals surface area (Å²) in [5.41, 5.74) is 0. The average molecular weight is 210 g/mol. The van der Waals surface area contributed by atoms with E-state index in [0.29, 0.717) is 12.4 Å². The third-order valence-electron chi connectivity index (χ3n) is 1.81. The molecule has 0 radical (unpaired) electrons. The molecule has 0 aliphatic carbocycles. The van der Waals surface area contributed by atoms with Gasteiger partial charge in [-0.1, -0.05) is 19.7 Å². The van der Waals surface area contributed by atoms with Crippen LogP contribution >= 0.6 is 0 Å². The van der Waals surface area contributed by atoms with Crippen LogP contribution in [-0.2, 0) is 4.74 Å². The van der Waals surface area contributed by atoms with E-state index in [2.05, 4.69) is 30.4 Å². The Kier molecular flexibility index (Phi) is 8.34. The molecule has 3 heteroatoms. The maximum Gasteiger partial charge on any atom is 0.111 e. The Bertz CT molecular complexity index is 212. The quantitative estimate of drug-likeness (QED) is 0.329. The summed E-state index contributed by atoms with van der Waals surface area (Å²) in [6, 6.07) is 0. The van der Waals surface area contributed by atoms with Gasteiger partial charge >= 0.3 is 0 Å². The van der Waals surface area contributed by atoms with E-state index in [4.69, 9.17) is 4.74 Å². The molecule has 0 amide bonds. The number of nitrogens with one attached hydrogen (secondary N) is 2. The summed E-state index contributed by atoms with van der Waals surface area (Å²) in [5, 5.41) is 6.28. The molecule has 86 valence electrons. The lowest BCUT2D eigenvalue weighted by Gasteiger charge is -2.10. The van der Waals surface area contributed by atoms with Crippen LogP contribution in [0.3, 0.4) is 0 Å². The summed E-state index contributed by atoms with van der Waals surface area (Å²) in [7, 11) is 0. The van der Waals surface area contributed by atoms with Crippen molar-refractivity contribution in [2.45, 2.75) is 19.8 Å².